The van der Waals surface area contributed by atoms with E-state index < -0.39 is 0 Å². The van der Waals surface area contributed by atoms with Crippen LogP contribution in [0.4, 0.5) is 4.39 Å². The second-order valence-electron chi connectivity index (χ2n) is 6.48. The Bertz CT molecular complexity index is 895. The first kappa shape index (κ1) is 13.0. The fourth-order valence-electron chi connectivity index (χ4n) is 4.12. The molecule has 0 amide bonds. The molecule has 0 atom stereocenters. The van der Waals surface area contributed by atoms with E-state index in [4.69, 9.17) is 0 Å². The fraction of sp³-hybridized carbons (Fsp3) is 0.190. The molecule has 0 N–H and O–H groups in total. The van der Waals surface area contributed by atoms with Crippen LogP contribution in [0.2, 0.25) is 0 Å². The average molecular weight is 301 g/mol. The molecule has 2 heteroatoms. The van der Waals surface area contributed by atoms with E-state index in [2.05, 4.69) is 35.3 Å². The molecule has 0 unspecified atom stereocenters. The molecule has 0 radical (unpaired) electrons. The van der Waals surface area contributed by atoms with Gasteiger partial charge in [-0.05, 0) is 77.3 Å². The van der Waals surface area contributed by atoms with Gasteiger partial charge >= 0.3 is 0 Å². The van der Waals surface area contributed by atoms with Crippen molar-refractivity contribution in [2.75, 3.05) is 0 Å². The van der Waals surface area contributed by atoms with Crippen molar-refractivity contribution < 1.29 is 4.39 Å². The molecule has 5 rings (SSSR count). The van der Waals surface area contributed by atoms with Gasteiger partial charge in [-0.2, -0.15) is 0 Å². The summed E-state index contributed by atoms with van der Waals surface area (Å²) in [6, 6.07) is 14.1. The van der Waals surface area contributed by atoms with Crippen molar-refractivity contribution in [3.05, 3.63) is 76.7 Å². The van der Waals surface area contributed by atoms with Crippen molar-refractivity contribution in [3.63, 3.8) is 0 Å². The van der Waals surface area contributed by atoms with Gasteiger partial charge in [0.1, 0.15) is 5.82 Å². The van der Waals surface area contributed by atoms with Crippen LogP contribution in [-0.4, -0.2) is 4.98 Å². The number of halogens is 1. The van der Waals surface area contributed by atoms with Crippen LogP contribution in [0.15, 0.2) is 48.7 Å². The lowest BCUT2D eigenvalue weighted by atomic mass is 9.75. The standard InChI is InChI=1S/C21H16FN/c22-18-8-9-23-19(12-18)17-10-15-6-4-13-2-1-3-14-5-7-16(11-17)21(15)20(13)14/h1-3,8-12H,4-7H2. The van der Waals surface area contributed by atoms with Crippen LogP contribution in [0.5, 0.6) is 0 Å². The SMILES string of the molecule is Fc1ccnc(-c2cc3c4c(c2)CCc2cccc(c2-4)CC3)c1. The molecule has 1 aromatic heterocycles. The molecular formula is C21H16FN. The lowest BCUT2D eigenvalue weighted by molar-refractivity contribution is 0.626. The highest BCUT2D eigenvalue weighted by Crippen LogP contribution is 2.43. The van der Waals surface area contributed by atoms with Gasteiger partial charge in [-0.1, -0.05) is 18.2 Å². The summed E-state index contributed by atoms with van der Waals surface area (Å²) >= 11 is 0. The monoisotopic (exact) mass is 301 g/mol. The van der Waals surface area contributed by atoms with Gasteiger partial charge < -0.3 is 0 Å². The minimum atomic E-state index is -0.228. The van der Waals surface area contributed by atoms with E-state index in [1.165, 1.54) is 45.5 Å². The molecule has 1 heterocycles. The van der Waals surface area contributed by atoms with Crippen LogP contribution in [0.3, 0.4) is 0 Å². The van der Waals surface area contributed by atoms with E-state index in [0.717, 1.165) is 36.9 Å². The van der Waals surface area contributed by atoms with Gasteiger partial charge in [0.05, 0.1) is 5.69 Å². The van der Waals surface area contributed by atoms with E-state index in [-0.39, 0.29) is 5.82 Å². The third-order valence-corrected chi connectivity index (χ3v) is 5.13. The second kappa shape index (κ2) is 4.76. The van der Waals surface area contributed by atoms with E-state index in [0.29, 0.717) is 0 Å². The van der Waals surface area contributed by atoms with Crippen LogP contribution < -0.4 is 0 Å². The predicted octanol–water partition coefficient (Wildman–Crippen LogP) is 4.75. The first-order valence-electron chi connectivity index (χ1n) is 8.18. The van der Waals surface area contributed by atoms with Crippen LogP contribution in [0, 0.1) is 5.82 Å². The molecule has 1 nitrogen and oxygen atoms in total. The Hall–Kier alpha value is -2.48. The second-order valence-corrected chi connectivity index (χ2v) is 6.48. The van der Waals surface area contributed by atoms with Gasteiger partial charge in [0.2, 0.25) is 0 Å². The van der Waals surface area contributed by atoms with Crippen molar-refractivity contribution in [3.8, 4) is 22.4 Å². The predicted molar refractivity (Wildman–Crippen MR) is 89.9 cm³/mol. The Morgan fingerprint density at radius 1 is 0.739 bits per heavy atom. The fourth-order valence-corrected chi connectivity index (χ4v) is 4.12. The maximum absolute atomic E-state index is 13.5. The minimum absolute atomic E-state index is 0.228. The zero-order chi connectivity index (χ0) is 15.4. The summed E-state index contributed by atoms with van der Waals surface area (Å²) < 4.78 is 13.5. The van der Waals surface area contributed by atoms with Crippen LogP contribution in [-0.2, 0) is 25.7 Å². The molecule has 3 aromatic rings. The highest BCUT2D eigenvalue weighted by atomic mass is 19.1. The zero-order valence-corrected chi connectivity index (χ0v) is 12.8. The highest BCUT2D eigenvalue weighted by molar-refractivity contribution is 5.83. The summed E-state index contributed by atoms with van der Waals surface area (Å²) in [4.78, 5) is 4.35. The quantitative estimate of drug-likeness (QED) is 0.632. The van der Waals surface area contributed by atoms with Crippen molar-refractivity contribution in [2.45, 2.75) is 25.7 Å². The number of hydrogen-bond acceptors (Lipinski definition) is 1. The Balaban J connectivity index is 1.75. The molecule has 23 heavy (non-hydrogen) atoms. The Morgan fingerprint density at radius 3 is 2.00 bits per heavy atom. The van der Waals surface area contributed by atoms with Gasteiger partial charge in [-0.25, -0.2) is 4.39 Å². The lowest BCUT2D eigenvalue weighted by Gasteiger charge is -2.29. The summed E-state index contributed by atoms with van der Waals surface area (Å²) in [5.74, 6) is -0.228. The van der Waals surface area contributed by atoms with Crippen LogP contribution in [0.1, 0.15) is 22.3 Å². The number of aryl methyl sites for hydroxylation is 4. The normalized spacial score (nSPS) is 14.5. The summed E-state index contributed by atoms with van der Waals surface area (Å²) in [5.41, 5.74) is 10.4. The zero-order valence-electron chi connectivity index (χ0n) is 12.8. The number of pyridine rings is 1. The number of aromatic nitrogens is 1. The number of rotatable bonds is 1. The van der Waals surface area contributed by atoms with Crippen molar-refractivity contribution in [2.24, 2.45) is 0 Å². The number of nitrogens with zero attached hydrogens (tertiary/aromatic N) is 1. The summed E-state index contributed by atoms with van der Waals surface area (Å²) in [6.45, 7) is 0. The van der Waals surface area contributed by atoms with Gasteiger partial charge in [0.15, 0.2) is 0 Å². The molecular weight excluding hydrogens is 285 g/mol. The van der Waals surface area contributed by atoms with Crippen molar-refractivity contribution >= 4 is 0 Å². The molecule has 0 bridgehead atoms. The molecule has 0 saturated carbocycles. The molecule has 0 fully saturated rings. The number of benzene rings is 2. The Labute approximate surface area is 134 Å². The summed E-state index contributed by atoms with van der Waals surface area (Å²) in [5, 5.41) is 0. The third-order valence-electron chi connectivity index (χ3n) is 5.13. The first-order valence-corrected chi connectivity index (χ1v) is 8.18. The molecule has 112 valence electrons. The van der Waals surface area contributed by atoms with Gasteiger partial charge in [0.25, 0.3) is 0 Å². The van der Waals surface area contributed by atoms with E-state index in [1.54, 1.807) is 6.20 Å². The number of hydrogen-bond donors (Lipinski definition) is 0. The minimum Gasteiger partial charge on any atom is -0.256 e. The third kappa shape index (κ3) is 1.94. The molecule has 0 spiro atoms. The van der Waals surface area contributed by atoms with Gasteiger partial charge in [-0.15, -0.1) is 0 Å². The van der Waals surface area contributed by atoms with Crippen molar-refractivity contribution in [1.82, 2.24) is 4.98 Å². The summed E-state index contributed by atoms with van der Waals surface area (Å²) in [6.07, 6.45) is 5.85. The highest BCUT2D eigenvalue weighted by Gasteiger charge is 2.26. The Morgan fingerprint density at radius 2 is 1.35 bits per heavy atom. The smallest absolute Gasteiger partial charge is 0.126 e. The molecule has 0 saturated heterocycles. The first-order chi connectivity index (χ1) is 11.3. The molecule has 2 aliphatic carbocycles. The van der Waals surface area contributed by atoms with Gasteiger partial charge in [-0.3, -0.25) is 4.98 Å². The molecule has 2 aromatic carbocycles. The lowest BCUT2D eigenvalue weighted by Crippen LogP contribution is -2.14. The average Bonchev–Trinajstić information content (AvgIpc) is 2.59. The van der Waals surface area contributed by atoms with Crippen LogP contribution >= 0.6 is 0 Å². The van der Waals surface area contributed by atoms with Crippen LogP contribution in [0.25, 0.3) is 22.4 Å². The maximum Gasteiger partial charge on any atom is 0.126 e. The summed E-state index contributed by atoms with van der Waals surface area (Å²) in [7, 11) is 0. The van der Waals surface area contributed by atoms with E-state index >= 15 is 0 Å². The molecule has 0 aliphatic heterocycles. The largest absolute Gasteiger partial charge is 0.256 e. The van der Waals surface area contributed by atoms with E-state index in [9.17, 15) is 4.39 Å². The molecule has 2 aliphatic rings. The van der Waals surface area contributed by atoms with Crippen molar-refractivity contribution in [1.29, 1.82) is 0 Å². The van der Waals surface area contributed by atoms with Gasteiger partial charge in [0, 0.05) is 17.8 Å². The van der Waals surface area contributed by atoms with E-state index in [1.807, 2.05) is 0 Å². The Kier molecular flexibility index (Phi) is 2.69. The maximum atomic E-state index is 13.5. The topological polar surface area (TPSA) is 12.9 Å².